The zero-order valence-corrected chi connectivity index (χ0v) is 16.1. The average molecular weight is 366 g/mol. The summed E-state index contributed by atoms with van der Waals surface area (Å²) in [7, 11) is 0. The Labute approximate surface area is 160 Å². The van der Waals surface area contributed by atoms with Crippen LogP contribution >= 0.6 is 0 Å². The van der Waals surface area contributed by atoms with Gasteiger partial charge in [0.1, 0.15) is 11.4 Å². The van der Waals surface area contributed by atoms with Gasteiger partial charge in [0, 0.05) is 25.4 Å². The van der Waals surface area contributed by atoms with Crippen molar-refractivity contribution in [3.63, 3.8) is 0 Å². The van der Waals surface area contributed by atoms with Crippen LogP contribution in [0.3, 0.4) is 0 Å². The second kappa shape index (κ2) is 8.25. The zero-order valence-electron chi connectivity index (χ0n) is 16.1. The molecule has 2 heterocycles. The van der Waals surface area contributed by atoms with Crippen molar-refractivity contribution in [1.82, 2.24) is 9.88 Å². The highest BCUT2D eigenvalue weighted by Crippen LogP contribution is 2.24. The van der Waals surface area contributed by atoms with Crippen LogP contribution in [0.5, 0.6) is 11.6 Å². The van der Waals surface area contributed by atoms with Crippen molar-refractivity contribution in [3.8, 4) is 11.6 Å². The standard InChI is InChI=1S/C22H26N2O3/c1-22(2,3)27-21(25)24-13-10-17(11-14-24)15-18-7-6-8-19(16-18)26-20-9-4-5-12-23-20/h4-9,12,15-16H,10-11,13-14H2,1-3H3. The van der Waals surface area contributed by atoms with E-state index < -0.39 is 5.60 Å². The zero-order chi connectivity index (χ0) is 19.3. The van der Waals surface area contributed by atoms with Crippen molar-refractivity contribution in [1.29, 1.82) is 0 Å². The fraction of sp³-hybridized carbons (Fsp3) is 0.364. The van der Waals surface area contributed by atoms with Crippen LogP contribution in [0.4, 0.5) is 4.79 Å². The maximum absolute atomic E-state index is 12.2. The molecule has 1 aromatic heterocycles. The van der Waals surface area contributed by atoms with Gasteiger partial charge in [-0.15, -0.1) is 0 Å². The topological polar surface area (TPSA) is 51.7 Å². The molecule has 0 bridgehead atoms. The van der Waals surface area contributed by atoms with E-state index in [2.05, 4.69) is 17.1 Å². The molecule has 3 rings (SSSR count). The number of benzene rings is 1. The molecule has 2 aromatic rings. The fourth-order valence-electron chi connectivity index (χ4n) is 2.88. The third-order valence-corrected chi connectivity index (χ3v) is 4.15. The van der Waals surface area contributed by atoms with Gasteiger partial charge in [0.25, 0.3) is 0 Å². The molecule has 1 aliphatic rings. The van der Waals surface area contributed by atoms with Crippen LogP contribution in [0.25, 0.3) is 6.08 Å². The van der Waals surface area contributed by atoms with E-state index in [9.17, 15) is 4.79 Å². The lowest BCUT2D eigenvalue weighted by Gasteiger charge is -2.31. The Kier molecular flexibility index (Phi) is 5.79. The van der Waals surface area contributed by atoms with Crippen molar-refractivity contribution in [3.05, 3.63) is 59.8 Å². The van der Waals surface area contributed by atoms with Gasteiger partial charge >= 0.3 is 6.09 Å². The maximum Gasteiger partial charge on any atom is 0.410 e. The Balaban J connectivity index is 1.60. The summed E-state index contributed by atoms with van der Waals surface area (Å²) in [5.74, 6) is 1.34. The summed E-state index contributed by atoms with van der Waals surface area (Å²) in [5, 5.41) is 0. The molecule has 1 aliphatic heterocycles. The summed E-state index contributed by atoms with van der Waals surface area (Å²) in [5.41, 5.74) is 1.95. The first-order valence-electron chi connectivity index (χ1n) is 9.25. The molecule has 5 heteroatoms. The predicted molar refractivity (Wildman–Crippen MR) is 106 cm³/mol. The number of likely N-dealkylation sites (tertiary alicyclic amines) is 1. The summed E-state index contributed by atoms with van der Waals surface area (Å²) in [6, 6.07) is 13.5. The van der Waals surface area contributed by atoms with Crippen LogP contribution in [0.1, 0.15) is 39.2 Å². The number of amides is 1. The SMILES string of the molecule is CC(C)(C)OC(=O)N1CCC(=Cc2cccc(Oc3ccccn3)c2)CC1. The van der Waals surface area contributed by atoms with E-state index in [-0.39, 0.29) is 6.09 Å². The molecule has 0 N–H and O–H groups in total. The van der Waals surface area contributed by atoms with Crippen LogP contribution < -0.4 is 4.74 Å². The van der Waals surface area contributed by atoms with Gasteiger partial charge in [0.05, 0.1) is 0 Å². The van der Waals surface area contributed by atoms with Gasteiger partial charge in [-0.2, -0.15) is 0 Å². The van der Waals surface area contributed by atoms with E-state index in [1.54, 1.807) is 11.1 Å². The van der Waals surface area contributed by atoms with Crippen LogP contribution in [0, 0.1) is 0 Å². The molecule has 0 spiro atoms. The van der Waals surface area contributed by atoms with Crippen molar-refractivity contribution >= 4 is 12.2 Å². The van der Waals surface area contributed by atoms with Gasteiger partial charge in [-0.1, -0.05) is 29.8 Å². The molecule has 1 aromatic carbocycles. The van der Waals surface area contributed by atoms with Gasteiger partial charge in [-0.25, -0.2) is 9.78 Å². The Morgan fingerprint density at radius 3 is 2.56 bits per heavy atom. The first-order valence-corrected chi connectivity index (χ1v) is 9.25. The summed E-state index contributed by atoms with van der Waals surface area (Å²) in [6.07, 6.45) is 5.36. The number of aromatic nitrogens is 1. The molecule has 0 saturated carbocycles. The number of hydrogen-bond acceptors (Lipinski definition) is 4. The van der Waals surface area contributed by atoms with E-state index in [1.165, 1.54) is 5.57 Å². The Morgan fingerprint density at radius 2 is 1.89 bits per heavy atom. The Morgan fingerprint density at radius 1 is 1.11 bits per heavy atom. The number of ether oxygens (including phenoxy) is 2. The summed E-state index contributed by atoms with van der Waals surface area (Å²) in [4.78, 5) is 18.1. The normalized spacial score (nSPS) is 14.6. The largest absolute Gasteiger partial charge is 0.444 e. The molecular weight excluding hydrogens is 340 g/mol. The van der Waals surface area contributed by atoms with Gasteiger partial charge in [-0.3, -0.25) is 0 Å². The number of pyridine rings is 1. The predicted octanol–water partition coefficient (Wildman–Crippen LogP) is 5.29. The third kappa shape index (κ3) is 5.84. The lowest BCUT2D eigenvalue weighted by atomic mass is 10.0. The molecule has 0 aliphatic carbocycles. The highest BCUT2D eigenvalue weighted by atomic mass is 16.6. The first-order chi connectivity index (χ1) is 12.9. The smallest absolute Gasteiger partial charge is 0.410 e. The van der Waals surface area contributed by atoms with Crippen molar-refractivity contribution in [2.24, 2.45) is 0 Å². The first kappa shape index (κ1) is 19.0. The second-order valence-electron chi connectivity index (χ2n) is 7.61. The lowest BCUT2D eigenvalue weighted by molar-refractivity contribution is 0.0237. The minimum atomic E-state index is -0.457. The molecule has 0 atom stereocenters. The Hall–Kier alpha value is -2.82. The summed E-state index contributed by atoms with van der Waals surface area (Å²) < 4.78 is 11.2. The van der Waals surface area contributed by atoms with E-state index in [1.807, 2.05) is 57.2 Å². The number of piperidine rings is 1. The second-order valence-corrected chi connectivity index (χ2v) is 7.61. The quantitative estimate of drug-likeness (QED) is 0.741. The van der Waals surface area contributed by atoms with Crippen molar-refractivity contribution in [2.45, 2.75) is 39.2 Å². The van der Waals surface area contributed by atoms with E-state index in [0.29, 0.717) is 19.0 Å². The fourth-order valence-corrected chi connectivity index (χ4v) is 2.88. The Bertz CT molecular complexity index is 800. The molecule has 5 nitrogen and oxygen atoms in total. The van der Waals surface area contributed by atoms with Crippen molar-refractivity contribution < 1.29 is 14.3 Å². The number of rotatable bonds is 3. The molecule has 1 saturated heterocycles. The third-order valence-electron chi connectivity index (χ3n) is 4.15. The molecule has 0 unspecified atom stereocenters. The van der Waals surface area contributed by atoms with Gasteiger partial charge in [0.2, 0.25) is 5.88 Å². The molecular formula is C22H26N2O3. The van der Waals surface area contributed by atoms with Crippen LogP contribution in [0.15, 0.2) is 54.2 Å². The van der Waals surface area contributed by atoms with Gasteiger partial charge in [0.15, 0.2) is 0 Å². The van der Waals surface area contributed by atoms with Gasteiger partial charge < -0.3 is 14.4 Å². The minimum Gasteiger partial charge on any atom is -0.444 e. The minimum absolute atomic E-state index is 0.229. The lowest BCUT2D eigenvalue weighted by Crippen LogP contribution is -2.40. The highest BCUT2D eigenvalue weighted by Gasteiger charge is 2.24. The number of nitrogens with zero attached hydrogens (tertiary/aromatic N) is 2. The molecule has 1 amide bonds. The number of hydrogen-bond donors (Lipinski definition) is 0. The highest BCUT2D eigenvalue weighted by molar-refractivity contribution is 5.68. The van der Waals surface area contributed by atoms with Crippen LogP contribution in [0.2, 0.25) is 0 Å². The van der Waals surface area contributed by atoms with E-state index >= 15 is 0 Å². The summed E-state index contributed by atoms with van der Waals surface area (Å²) in [6.45, 7) is 7.04. The van der Waals surface area contributed by atoms with Gasteiger partial charge in [-0.05, 0) is 57.4 Å². The van der Waals surface area contributed by atoms with E-state index in [0.717, 1.165) is 24.2 Å². The maximum atomic E-state index is 12.2. The molecule has 142 valence electrons. The number of carbonyl (C=O) groups excluding carboxylic acids is 1. The molecule has 0 radical (unpaired) electrons. The molecule has 27 heavy (non-hydrogen) atoms. The molecule has 1 fully saturated rings. The van der Waals surface area contributed by atoms with Crippen LogP contribution in [-0.4, -0.2) is 34.7 Å². The average Bonchev–Trinajstić information content (AvgIpc) is 2.62. The van der Waals surface area contributed by atoms with E-state index in [4.69, 9.17) is 9.47 Å². The van der Waals surface area contributed by atoms with Crippen molar-refractivity contribution in [2.75, 3.05) is 13.1 Å². The van der Waals surface area contributed by atoms with Crippen LogP contribution in [-0.2, 0) is 4.74 Å². The monoisotopic (exact) mass is 366 g/mol. The summed E-state index contributed by atoms with van der Waals surface area (Å²) >= 11 is 0. The number of carbonyl (C=O) groups is 1.